The lowest BCUT2D eigenvalue weighted by molar-refractivity contribution is 0.325. The number of anilines is 1. The first-order chi connectivity index (χ1) is 13.4. The highest BCUT2D eigenvalue weighted by Gasteiger charge is 2.19. The summed E-state index contributed by atoms with van der Waals surface area (Å²) in [5.41, 5.74) is 1.76. The molecule has 3 rings (SSSR count). The second-order valence-corrected chi connectivity index (χ2v) is 7.56. The van der Waals surface area contributed by atoms with Crippen LogP contribution in [0.15, 0.2) is 51.9 Å². The van der Waals surface area contributed by atoms with Crippen molar-refractivity contribution in [1.29, 1.82) is 0 Å². The number of aryl methyl sites for hydroxylation is 1. The molecule has 0 unspecified atom stereocenters. The van der Waals surface area contributed by atoms with E-state index in [1.807, 2.05) is 6.92 Å². The summed E-state index contributed by atoms with van der Waals surface area (Å²) in [4.78, 5) is 0.0984. The number of aromatic nitrogens is 1. The van der Waals surface area contributed by atoms with Crippen LogP contribution in [-0.2, 0) is 10.0 Å². The minimum atomic E-state index is -3.82. The fraction of sp³-hybridized carbons (Fsp3) is 0.211. The highest BCUT2D eigenvalue weighted by atomic mass is 32.2. The van der Waals surface area contributed by atoms with Gasteiger partial charge >= 0.3 is 0 Å². The van der Waals surface area contributed by atoms with E-state index in [9.17, 15) is 8.42 Å². The smallest absolute Gasteiger partial charge is 0.261 e. The van der Waals surface area contributed by atoms with Crippen molar-refractivity contribution < 1.29 is 27.2 Å². The zero-order chi connectivity index (χ0) is 20.3. The van der Waals surface area contributed by atoms with Gasteiger partial charge in [0.1, 0.15) is 0 Å². The van der Waals surface area contributed by atoms with Crippen LogP contribution in [0.5, 0.6) is 17.2 Å². The molecule has 0 saturated carbocycles. The predicted molar refractivity (Wildman–Crippen MR) is 104 cm³/mol. The van der Waals surface area contributed by atoms with Crippen LogP contribution in [0.3, 0.4) is 0 Å². The summed E-state index contributed by atoms with van der Waals surface area (Å²) in [6, 6.07) is 11.1. The number of methoxy groups -OCH3 is 3. The van der Waals surface area contributed by atoms with E-state index >= 15 is 0 Å². The average molecular weight is 404 g/mol. The summed E-state index contributed by atoms with van der Waals surface area (Å²) in [6.45, 7) is 1.81. The molecule has 0 radical (unpaired) electrons. The number of nitrogens with one attached hydrogen (secondary N) is 1. The molecule has 1 aromatic heterocycles. The van der Waals surface area contributed by atoms with Crippen LogP contribution >= 0.6 is 0 Å². The molecule has 1 N–H and O–H groups in total. The molecule has 9 heteroatoms. The van der Waals surface area contributed by atoms with Gasteiger partial charge in [-0.15, -0.1) is 0 Å². The van der Waals surface area contributed by atoms with Gasteiger partial charge in [0.25, 0.3) is 10.0 Å². The average Bonchev–Trinajstić information content (AvgIpc) is 3.13. The first kappa shape index (κ1) is 19.6. The minimum Gasteiger partial charge on any atom is -0.493 e. The highest BCUT2D eigenvalue weighted by molar-refractivity contribution is 7.92. The van der Waals surface area contributed by atoms with Crippen molar-refractivity contribution in [3.63, 3.8) is 0 Å². The Kier molecular flexibility index (Phi) is 5.46. The molecular formula is C19H20N2O6S. The lowest BCUT2D eigenvalue weighted by Gasteiger charge is -2.15. The van der Waals surface area contributed by atoms with E-state index in [0.717, 1.165) is 11.3 Å². The molecule has 0 aliphatic rings. The van der Waals surface area contributed by atoms with Crippen LogP contribution in [-0.4, -0.2) is 34.9 Å². The number of rotatable bonds is 7. The van der Waals surface area contributed by atoms with Gasteiger partial charge in [0.05, 0.1) is 37.6 Å². The number of ether oxygens (including phenoxy) is 3. The van der Waals surface area contributed by atoms with Gasteiger partial charge in [-0.1, -0.05) is 5.16 Å². The van der Waals surface area contributed by atoms with Crippen LogP contribution in [0.25, 0.3) is 11.3 Å². The van der Waals surface area contributed by atoms with Crippen molar-refractivity contribution in [3.8, 4) is 28.6 Å². The Morgan fingerprint density at radius 3 is 2.00 bits per heavy atom. The van der Waals surface area contributed by atoms with Crippen LogP contribution in [0.4, 0.5) is 5.69 Å². The van der Waals surface area contributed by atoms with Gasteiger partial charge in [-0.05, 0) is 31.2 Å². The molecule has 0 saturated heterocycles. The van der Waals surface area contributed by atoms with Crippen molar-refractivity contribution in [2.24, 2.45) is 0 Å². The van der Waals surface area contributed by atoms with Crippen LogP contribution < -0.4 is 18.9 Å². The van der Waals surface area contributed by atoms with Crippen molar-refractivity contribution in [2.45, 2.75) is 11.8 Å². The van der Waals surface area contributed by atoms with Crippen LogP contribution in [0.2, 0.25) is 0 Å². The lowest BCUT2D eigenvalue weighted by Crippen LogP contribution is -2.13. The molecule has 148 valence electrons. The Labute approximate surface area is 163 Å². The number of hydrogen-bond acceptors (Lipinski definition) is 7. The molecule has 0 aliphatic carbocycles. The Hall–Kier alpha value is -3.20. The quantitative estimate of drug-likeness (QED) is 0.643. The van der Waals surface area contributed by atoms with Gasteiger partial charge in [0, 0.05) is 23.8 Å². The minimum absolute atomic E-state index is 0.0984. The van der Waals surface area contributed by atoms with E-state index in [-0.39, 0.29) is 10.6 Å². The molecule has 0 amide bonds. The highest BCUT2D eigenvalue weighted by Crippen LogP contribution is 2.40. The molecule has 2 aromatic carbocycles. The van der Waals surface area contributed by atoms with E-state index in [2.05, 4.69) is 9.88 Å². The molecule has 0 aliphatic heterocycles. The van der Waals surface area contributed by atoms with Gasteiger partial charge in [-0.2, -0.15) is 0 Å². The van der Waals surface area contributed by atoms with Crippen molar-refractivity contribution >= 4 is 15.7 Å². The zero-order valence-electron chi connectivity index (χ0n) is 15.8. The fourth-order valence-electron chi connectivity index (χ4n) is 2.65. The molecule has 0 fully saturated rings. The third-order valence-electron chi connectivity index (χ3n) is 3.99. The van der Waals surface area contributed by atoms with Gasteiger partial charge in [-0.25, -0.2) is 8.42 Å². The van der Waals surface area contributed by atoms with Gasteiger partial charge in [0.2, 0.25) is 5.75 Å². The summed E-state index contributed by atoms with van der Waals surface area (Å²) >= 11 is 0. The standard InChI is InChI=1S/C19H20N2O6S/c1-12-9-16(27-20-12)13-5-7-15(8-6-13)28(22,23)21-14-10-17(24-2)19(26-4)18(11-14)25-3/h5-11,21H,1-4H3. The van der Waals surface area contributed by atoms with Crippen LogP contribution in [0.1, 0.15) is 5.69 Å². The Morgan fingerprint density at radius 1 is 0.929 bits per heavy atom. The first-order valence-corrected chi connectivity index (χ1v) is 9.73. The molecule has 0 spiro atoms. The Balaban J connectivity index is 1.89. The number of nitrogens with zero attached hydrogens (tertiary/aromatic N) is 1. The molecule has 0 atom stereocenters. The fourth-order valence-corrected chi connectivity index (χ4v) is 3.69. The zero-order valence-corrected chi connectivity index (χ0v) is 16.7. The van der Waals surface area contributed by atoms with Crippen molar-refractivity contribution in [2.75, 3.05) is 26.1 Å². The van der Waals surface area contributed by atoms with Gasteiger partial charge in [-0.3, -0.25) is 4.72 Å². The topological polar surface area (TPSA) is 99.9 Å². The van der Waals surface area contributed by atoms with E-state index in [0.29, 0.717) is 23.0 Å². The summed E-state index contributed by atoms with van der Waals surface area (Å²) in [5, 5.41) is 3.83. The van der Waals surface area contributed by atoms with Crippen LogP contribution in [0, 0.1) is 6.92 Å². The lowest BCUT2D eigenvalue weighted by atomic mass is 10.2. The molecule has 1 heterocycles. The van der Waals surface area contributed by atoms with E-state index in [1.165, 1.54) is 45.6 Å². The maximum absolute atomic E-state index is 12.7. The molecule has 3 aromatic rings. The normalized spacial score (nSPS) is 11.1. The monoisotopic (exact) mass is 404 g/mol. The first-order valence-electron chi connectivity index (χ1n) is 8.24. The third-order valence-corrected chi connectivity index (χ3v) is 5.39. The van der Waals surface area contributed by atoms with Gasteiger partial charge in [0.15, 0.2) is 17.3 Å². The van der Waals surface area contributed by atoms with Crippen molar-refractivity contribution in [1.82, 2.24) is 5.16 Å². The Bertz CT molecular complexity index is 1050. The summed E-state index contributed by atoms with van der Waals surface area (Å²) < 4.78 is 48.9. The SMILES string of the molecule is COc1cc(NS(=O)(=O)c2ccc(-c3cc(C)no3)cc2)cc(OC)c1OC. The predicted octanol–water partition coefficient (Wildman–Crippen LogP) is 3.48. The van der Waals surface area contributed by atoms with E-state index in [4.69, 9.17) is 18.7 Å². The maximum Gasteiger partial charge on any atom is 0.261 e. The second kappa shape index (κ2) is 7.81. The number of benzene rings is 2. The largest absolute Gasteiger partial charge is 0.493 e. The molecule has 0 bridgehead atoms. The third kappa shape index (κ3) is 3.89. The van der Waals surface area contributed by atoms with E-state index in [1.54, 1.807) is 18.2 Å². The molecule has 8 nitrogen and oxygen atoms in total. The number of sulfonamides is 1. The molecular weight excluding hydrogens is 384 g/mol. The maximum atomic E-state index is 12.7. The second-order valence-electron chi connectivity index (χ2n) is 5.88. The van der Waals surface area contributed by atoms with Gasteiger partial charge < -0.3 is 18.7 Å². The molecule has 28 heavy (non-hydrogen) atoms. The number of hydrogen-bond donors (Lipinski definition) is 1. The Morgan fingerprint density at radius 2 is 1.54 bits per heavy atom. The van der Waals surface area contributed by atoms with E-state index < -0.39 is 10.0 Å². The van der Waals surface area contributed by atoms with Crippen molar-refractivity contribution in [3.05, 3.63) is 48.2 Å². The summed E-state index contributed by atoms with van der Waals surface area (Å²) in [5.74, 6) is 1.63. The summed E-state index contributed by atoms with van der Waals surface area (Å²) in [7, 11) is 0.565. The summed E-state index contributed by atoms with van der Waals surface area (Å²) in [6.07, 6.45) is 0.